The van der Waals surface area contributed by atoms with E-state index in [2.05, 4.69) is 5.32 Å². The monoisotopic (exact) mass is 230 g/mol. The third-order valence-corrected chi connectivity index (χ3v) is 1.98. The zero-order chi connectivity index (χ0) is 12.7. The van der Waals surface area contributed by atoms with Crippen LogP contribution in [0.15, 0.2) is 0 Å². The van der Waals surface area contributed by atoms with E-state index >= 15 is 0 Å². The van der Waals surface area contributed by atoms with Crippen molar-refractivity contribution in [1.29, 1.82) is 0 Å². The topological polar surface area (TPSA) is 86.7 Å². The zero-order valence-electron chi connectivity index (χ0n) is 9.82. The van der Waals surface area contributed by atoms with Crippen molar-refractivity contribution in [3.8, 4) is 0 Å². The van der Waals surface area contributed by atoms with Crippen molar-refractivity contribution >= 4 is 17.8 Å². The van der Waals surface area contributed by atoms with Gasteiger partial charge in [-0.2, -0.15) is 0 Å². The van der Waals surface area contributed by atoms with Gasteiger partial charge in [-0.05, 0) is 13.3 Å². The third kappa shape index (κ3) is 6.00. The molecule has 6 heteroatoms. The Morgan fingerprint density at radius 3 is 2.25 bits per heavy atom. The van der Waals surface area contributed by atoms with Crippen LogP contribution in [0.1, 0.15) is 26.2 Å². The van der Waals surface area contributed by atoms with Crippen LogP contribution in [0.25, 0.3) is 0 Å². The van der Waals surface area contributed by atoms with E-state index in [9.17, 15) is 14.4 Å². The molecule has 0 saturated carbocycles. The summed E-state index contributed by atoms with van der Waals surface area (Å²) in [6.45, 7) is 1.59. The number of hydrogen-bond donors (Lipinski definition) is 2. The molecule has 0 aromatic carbocycles. The Kier molecular flexibility index (Phi) is 6.14. The molecular weight excluding hydrogens is 212 g/mol. The van der Waals surface area contributed by atoms with Gasteiger partial charge < -0.3 is 15.3 Å². The molecule has 0 fully saturated rings. The van der Waals surface area contributed by atoms with Crippen LogP contribution in [0.2, 0.25) is 0 Å². The number of carbonyl (C=O) groups is 3. The average molecular weight is 230 g/mol. The minimum atomic E-state index is -0.926. The first kappa shape index (κ1) is 14.4. The normalized spacial score (nSPS) is 11.7. The molecule has 1 atom stereocenters. The number of nitrogens with one attached hydrogen (secondary N) is 1. The molecule has 0 aliphatic rings. The van der Waals surface area contributed by atoms with Crippen molar-refractivity contribution < 1.29 is 19.5 Å². The van der Waals surface area contributed by atoms with E-state index in [1.54, 1.807) is 21.0 Å². The van der Waals surface area contributed by atoms with Gasteiger partial charge in [-0.15, -0.1) is 0 Å². The largest absolute Gasteiger partial charge is 0.481 e. The first-order valence-corrected chi connectivity index (χ1v) is 5.07. The van der Waals surface area contributed by atoms with Crippen LogP contribution in [-0.4, -0.2) is 47.9 Å². The highest BCUT2D eigenvalue weighted by atomic mass is 16.4. The SMILES string of the molecule is CC(NC(=O)CCCC(=O)O)C(=O)N(C)C. The summed E-state index contributed by atoms with van der Waals surface area (Å²) >= 11 is 0. The fourth-order valence-electron chi connectivity index (χ4n) is 1.16. The smallest absolute Gasteiger partial charge is 0.303 e. The van der Waals surface area contributed by atoms with E-state index in [1.165, 1.54) is 4.90 Å². The lowest BCUT2D eigenvalue weighted by Crippen LogP contribution is -2.44. The average Bonchev–Trinajstić information content (AvgIpc) is 2.15. The molecule has 0 aromatic rings. The highest BCUT2D eigenvalue weighted by Crippen LogP contribution is 1.97. The number of hydrogen-bond acceptors (Lipinski definition) is 3. The van der Waals surface area contributed by atoms with Gasteiger partial charge in [-0.25, -0.2) is 0 Å². The molecule has 0 saturated heterocycles. The lowest BCUT2D eigenvalue weighted by molar-refractivity contribution is -0.137. The second kappa shape index (κ2) is 6.81. The van der Waals surface area contributed by atoms with Gasteiger partial charge in [-0.3, -0.25) is 14.4 Å². The molecule has 16 heavy (non-hydrogen) atoms. The van der Waals surface area contributed by atoms with Gasteiger partial charge in [0.15, 0.2) is 0 Å². The summed E-state index contributed by atoms with van der Waals surface area (Å²) in [5.74, 6) is -1.42. The van der Waals surface area contributed by atoms with E-state index in [1.807, 2.05) is 0 Å². The Hall–Kier alpha value is -1.59. The molecule has 0 bridgehead atoms. The number of aliphatic carboxylic acids is 1. The van der Waals surface area contributed by atoms with Crippen LogP contribution >= 0.6 is 0 Å². The van der Waals surface area contributed by atoms with Crippen molar-refractivity contribution in [2.75, 3.05) is 14.1 Å². The van der Waals surface area contributed by atoms with Gasteiger partial charge in [0.2, 0.25) is 11.8 Å². The lowest BCUT2D eigenvalue weighted by Gasteiger charge is -2.17. The first-order valence-electron chi connectivity index (χ1n) is 5.07. The highest BCUT2D eigenvalue weighted by molar-refractivity contribution is 5.87. The number of carboxylic acid groups (broad SMARTS) is 1. The van der Waals surface area contributed by atoms with Crippen LogP contribution < -0.4 is 5.32 Å². The van der Waals surface area contributed by atoms with E-state index in [4.69, 9.17) is 5.11 Å². The fraction of sp³-hybridized carbons (Fsp3) is 0.700. The summed E-state index contributed by atoms with van der Waals surface area (Å²) in [7, 11) is 3.21. The maximum Gasteiger partial charge on any atom is 0.303 e. The third-order valence-electron chi connectivity index (χ3n) is 1.98. The maximum absolute atomic E-state index is 11.4. The van der Waals surface area contributed by atoms with Crippen molar-refractivity contribution in [3.05, 3.63) is 0 Å². The Bertz CT molecular complexity index is 276. The molecule has 0 aliphatic carbocycles. The number of carbonyl (C=O) groups excluding carboxylic acids is 2. The van der Waals surface area contributed by atoms with Crippen LogP contribution in [0.3, 0.4) is 0 Å². The Morgan fingerprint density at radius 2 is 1.81 bits per heavy atom. The molecule has 0 spiro atoms. The molecular formula is C10H18N2O4. The Morgan fingerprint density at radius 1 is 1.25 bits per heavy atom. The van der Waals surface area contributed by atoms with Crippen molar-refractivity contribution in [3.63, 3.8) is 0 Å². The van der Waals surface area contributed by atoms with E-state index < -0.39 is 12.0 Å². The van der Waals surface area contributed by atoms with Gasteiger partial charge in [0.05, 0.1) is 0 Å². The van der Waals surface area contributed by atoms with Crippen molar-refractivity contribution in [2.45, 2.75) is 32.2 Å². The quantitative estimate of drug-likeness (QED) is 0.663. The van der Waals surface area contributed by atoms with Gasteiger partial charge >= 0.3 is 5.97 Å². The predicted octanol–water partition coefficient (Wildman–Crippen LogP) is -0.166. The molecule has 0 rings (SSSR count). The van der Waals surface area contributed by atoms with Crippen molar-refractivity contribution in [1.82, 2.24) is 10.2 Å². The minimum Gasteiger partial charge on any atom is -0.481 e. The number of amides is 2. The number of rotatable bonds is 6. The van der Waals surface area contributed by atoms with Crippen LogP contribution in [0.4, 0.5) is 0 Å². The van der Waals surface area contributed by atoms with Crippen LogP contribution in [-0.2, 0) is 14.4 Å². The molecule has 2 amide bonds. The van der Waals surface area contributed by atoms with E-state index in [-0.39, 0.29) is 31.1 Å². The number of nitrogens with zero attached hydrogens (tertiary/aromatic N) is 1. The van der Waals surface area contributed by atoms with E-state index in [0.717, 1.165) is 0 Å². The summed E-state index contributed by atoms with van der Waals surface area (Å²) < 4.78 is 0. The molecule has 2 N–H and O–H groups in total. The standard InChI is InChI=1S/C10H18N2O4/c1-7(10(16)12(2)3)11-8(13)5-4-6-9(14)15/h7H,4-6H2,1-3H3,(H,11,13)(H,14,15). The van der Waals surface area contributed by atoms with Crippen LogP contribution in [0, 0.1) is 0 Å². The Balaban J connectivity index is 3.87. The molecule has 1 unspecified atom stereocenters. The maximum atomic E-state index is 11.4. The summed E-state index contributed by atoms with van der Waals surface area (Å²) in [5.41, 5.74) is 0. The molecule has 0 aliphatic heterocycles. The predicted molar refractivity (Wildman–Crippen MR) is 57.8 cm³/mol. The lowest BCUT2D eigenvalue weighted by atomic mass is 10.2. The van der Waals surface area contributed by atoms with Gasteiger partial charge in [0, 0.05) is 26.9 Å². The summed E-state index contributed by atoms with van der Waals surface area (Å²) in [6.07, 6.45) is 0.366. The minimum absolute atomic E-state index is 0.0383. The highest BCUT2D eigenvalue weighted by Gasteiger charge is 2.16. The van der Waals surface area contributed by atoms with Gasteiger partial charge in [-0.1, -0.05) is 0 Å². The van der Waals surface area contributed by atoms with Crippen molar-refractivity contribution in [2.24, 2.45) is 0 Å². The summed E-state index contributed by atoms with van der Waals surface area (Å²) in [4.78, 5) is 34.3. The number of carboxylic acids is 1. The summed E-state index contributed by atoms with van der Waals surface area (Å²) in [6, 6.07) is -0.577. The Labute approximate surface area is 94.6 Å². The molecule has 92 valence electrons. The summed E-state index contributed by atoms with van der Waals surface area (Å²) in [5, 5.41) is 10.9. The molecule has 0 aromatic heterocycles. The molecule has 0 radical (unpaired) electrons. The second-order valence-corrected chi connectivity index (χ2v) is 3.77. The second-order valence-electron chi connectivity index (χ2n) is 3.77. The van der Waals surface area contributed by atoms with Crippen LogP contribution in [0.5, 0.6) is 0 Å². The van der Waals surface area contributed by atoms with Gasteiger partial charge in [0.25, 0.3) is 0 Å². The zero-order valence-corrected chi connectivity index (χ0v) is 9.82. The molecule has 0 heterocycles. The number of likely N-dealkylation sites (N-methyl/N-ethyl adjacent to an activating group) is 1. The molecule has 6 nitrogen and oxygen atoms in total. The van der Waals surface area contributed by atoms with E-state index in [0.29, 0.717) is 0 Å². The fourth-order valence-corrected chi connectivity index (χ4v) is 1.16. The first-order chi connectivity index (χ1) is 7.34. The van der Waals surface area contributed by atoms with Gasteiger partial charge in [0.1, 0.15) is 6.04 Å².